The van der Waals surface area contributed by atoms with Crippen LogP contribution in [0.4, 0.5) is 23.2 Å². The van der Waals surface area contributed by atoms with Crippen molar-refractivity contribution in [2.45, 2.75) is 20.0 Å². The lowest BCUT2D eigenvalue weighted by Crippen LogP contribution is -2.10. The van der Waals surface area contributed by atoms with Crippen LogP contribution in [0.1, 0.15) is 29.3 Å². The topological polar surface area (TPSA) is 52.3 Å². The van der Waals surface area contributed by atoms with Gasteiger partial charge in [0.25, 0.3) is 6.43 Å². The highest BCUT2D eigenvalue weighted by Crippen LogP contribution is 2.34. The molecule has 1 aromatic rings. The zero-order valence-corrected chi connectivity index (χ0v) is 8.72. The summed E-state index contributed by atoms with van der Waals surface area (Å²) in [7, 11) is 0. The minimum absolute atomic E-state index is 0.455. The Balaban J connectivity index is 3.34. The van der Waals surface area contributed by atoms with E-state index in [0.717, 1.165) is 19.1 Å². The SMILES string of the molecule is CC(=O)c1c(OC(F)F)ccc(C(F)F)c1N. The summed E-state index contributed by atoms with van der Waals surface area (Å²) in [6.45, 7) is -2.14. The minimum Gasteiger partial charge on any atom is -0.434 e. The number of nitrogen functional groups attached to an aromatic ring is 1. The zero-order valence-electron chi connectivity index (χ0n) is 8.72. The molecule has 94 valence electrons. The summed E-state index contributed by atoms with van der Waals surface area (Å²) in [6, 6.07) is 1.73. The van der Waals surface area contributed by atoms with Gasteiger partial charge in [0.15, 0.2) is 5.78 Å². The summed E-state index contributed by atoms with van der Waals surface area (Å²) in [5.41, 5.74) is 3.76. The predicted octanol–water partition coefficient (Wildman–Crippen LogP) is 3.01. The maximum atomic E-state index is 12.5. The largest absolute Gasteiger partial charge is 0.434 e. The molecule has 0 radical (unpaired) electrons. The number of carbonyl (C=O) groups excluding carboxylic acids is 1. The second kappa shape index (κ2) is 5.03. The number of ether oxygens (including phenoxy) is 1. The fourth-order valence-corrected chi connectivity index (χ4v) is 1.36. The van der Waals surface area contributed by atoms with Gasteiger partial charge in [0.2, 0.25) is 0 Å². The smallest absolute Gasteiger partial charge is 0.387 e. The molecule has 0 saturated heterocycles. The van der Waals surface area contributed by atoms with E-state index in [4.69, 9.17) is 5.73 Å². The molecule has 7 heteroatoms. The summed E-state index contributed by atoms with van der Waals surface area (Å²) in [5, 5.41) is 0. The summed E-state index contributed by atoms with van der Waals surface area (Å²) in [5.74, 6) is -1.23. The quantitative estimate of drug-likeness (QED) is 0.508. The van der Waals surface area contributed by atoms with Crippen molar-refractivity contribution in [1.29, 1.82) is 0 Å². The Morgan fingerprint density at radius 3 is 2.29 bits per heavy atom. The normalized spacial score (nSPS) is 11.0. The van der Waals surface area contributed by atoms with Crippen LogP contribution in [-0.4, -0.2) is 12.4 Å². The number of halogens is 4. The molecule has 0 unspecified atom stereocenters. The number of hydrogen-bond acceptors (Lipinski definition) is 3. The van der Waals surface area contributed by atoms with Crippen LogP contribution in [0.15, 0.2) is 12.1 Å². The van der Waals surface area contributed by atoms with Crippen molar-refractivity contribution in [1.82, 2.24) is 0 Å². The predicted molar refractivity (Wildman–Crippen MR) is 52.4 cm³/mol. The van der Waals surface area contributed by atoms with Crippen LogP contribution >= 0.6 is 0 Å². The molecular weight excluding hydrogens is 242 g/mol. The average Bonchev–Trinajstić information content (AvgIpc) is 2.15. The average molecular weight is 251 g/mol. The molecule has 0 aliphatic carbocycles. The van der Waals surface area contributed by atoms with E-state index < -0.39 is 41.4 Å². The van der Waals surface area contributed by atoms with E-state index in [-0.39, 0.29) is 0 Å². The van der Waals surface area contributed by atoms with Gasteiger partial charge < -0.3 is 10.5 Å². The molecule has 1 rings (SSSR count). The fraction of sp³-hybridized carbons (Fsp3) is 0.300. The number of rotatable bonds is 4. The van der Waals surface area contributed by atoms with Gasteiger partial charge in [0.1, 0.15) is 5.75 Å². The van der Waals surface area contributed by atoms with E-state index in [0.29, 0.717) is 0 Å². The highest BCUT2D eigenvalue weighted by atomic mass is 19.3. The van der Waals surface area contributed by atoms with E-state index in [2.05, 4.69) is 4.74 Å². The van der Waals surface area contributed by atoms with Gasteiger partial charge in [0, 0.05) is 5.56 Å². The zero-order chi connectivity index (χ0) is 13.2. The van der Waals surface area contributed by atoms with Gasteiger partial charge in [-0.25, -0.2) is 8.78 Å². The lowest BCUT2D eigenvalue weighted by Gasteiger charge is -2.13. The molecule has 2 N–H and O–H groups in total. The number of alkyl halides is 4. The molecule has 0 saturated carbocycles. The molecule has 0 heterocycles. The number of hydrogen-bond donors (Lipinski definition) is 1. The highest BCUT2D eigenvalue weighted by Gasteiger charge is 2.22. The van der Waals surface area contributed by atoms with Gasteiger partial charge in [-0.05, 0) is 19.1 Å². The van der Waals surface area contributed by atoms with Crippen molar-refractivity contribution >= 4 is 11.5 Å². The maximum Gasteiger partial charge on any atom is 0.387 e. The van der Waals surface area contributed by atoms with Gasteiger partial charge in [-0.2, -0.15) is 8.78 Å². The lowest BCUT2D eigenvalue weighted by atomic mass is 10.0. The van der Waals surface area contributed by atoms with Crippen molar-refractivity contribution in [2.75, 3.05) is 5.73 Å². The van der Waals surface area contributed by atoms with Gasteiger partial charge >= 0.3 is 6.61 Å². The van der Waals surface area contributed by atoms with Crippen LogP contribution < -0.4 is 10.5 Å². The first-order chi connectivity index (χ1) is 7.84. The van der Waals surface area contributed by atoms with Crippen molar-refractivity contribution in [2.24, 2.45) is 0 Å². The minimum atomic E-state index is -3.16. The Morgan fingerprint density at radius 1 is 1.29 bits per heavy atom. The second-order valence-electron chi connectivity index (χ2n) is 3.18. The molecule has 0 fully saturated rings. The number of carbonyl (C=O) groups is 1. The van der Waals surface area contributed by atoms with Crippen LogP contribution in [0.25, 0.3) is 0 Å². The van der Waals surface area contributed by atoms with Gasteiger partial charge in [-0.15, -0.1) is 0 Å². The molecule has 17 heavy (non-hydrogen) atoms. The van der Waals surface area contributed by atoms with E-state index in [1.807, 2.05) is 0 Å². The third-order valence-electron chi connectivity index (χ3n) is 2.04. The molecule has 0 atom stereocenters. The summed E-state index contributed by atoms with van der Waals surface area (Å²) in [4.78, 5) is 11.2. The summed E-state index contributed by atoms with van der Waals surface area (Å²) in [6.07, 6.45) is -2.89. The van der Waals surface area contributed by atoms with Crippen molar-refractivity contribution in [3.05, 3.63) is 23.3 Å². The monoisotopic (exact) mass is 251 g/mol. The van der Waals surface area contributed by atoms with Gasteiger partial charge in [0.05, 0.1) is 11.3 Å². The molecule has 1 aromatic carbocycles. The Bertz CT molecular complexity index is 435. The first kappa shape index (κ1) is 13.3. The van der Waals surface area contributed by atoms with Crippen LogP contribution in [-0.2, 0) is 0 Å². The Morgan fingerprint density at radius 2 is 1.88 bits per heavy atom. The number of anilines is 1. The molecule has 3 nitrogen and oxygen atoms in total. The molecule has 0 aromatic heterocycles. The standard InChI is InChI=1S/C10H9F4NO2/c1-4(16)7-6(17-10(13)14)3-2-5(8(7)15)9(11)12/h2-3,9-10H,15H2,1H3. The molecule has 0 amide bonds. The van der Waals surface area contributed by atoms with E-state index in [1.165, 1.54) is 0 Å². The van der Waals surface area contributed by atoms with Crippen LogP contribution in [0, 0.1) is 0 Å². The third-order valence-corrected chi connectivity index (χ3v) is 2.04. The molecular formula is C10H9F4NO2. The Labute approximate surface area is 94.2 Å². The van der Waals surface area contributed by atoms with Crippen molar-refractivity contribution in [3.8, 4) is 5.75 Å². The Kier molecular flexibility index (Phi) is 3.93. The van der Waals surface area contributed by atoms with Crippen LogP contribution in [0.5, 0.6) is 5.75 Å². The van der Waals surface area contributed by atoms with Gasteiger partial charge in [-0.1, -0.05) is 0 Å². The number of ketones is 1. The molecule has 0 spiro atoms. The first-order valence-electron chi connectivity index (χ1n) is 4.50. The van der Waals surface area contributed by atoms with Gasteiger partial charge in [-0.3, -0.25) is 4.79 Å². The number of benzene rings is 1. The lowest BCUT2D eigenvalue weighted by molar-refractivity contribution is -0.0501. The molecule has 0 bridgehead atoms. The number of Topliss-reactive ketones (excluding diaryl/α,β-unsaturated/α-hetero) is 1. The molecule has 0 aliphatic heterocycles. The van der Waals surface area contributed by atoms with Crippen LogP contribution in [0.3, 0.4) is 0 Å². The summed E-state index contributed by atoms with van der Waals surface area (Å²) >= 11 is 0. The first-order valence-corrected chi connectivity index (χ1v) is 4.50. The summed E-state index contributed by atoms with van der Waals surface area (Å²) < 4.78 is 53.1. The Hall–Kier alpha value is -1.79. The number of nitrogens with two attached hydrogens (primary N) is 1. The van der Waals surface area contributed by atoms with Crippen LogP contribution in [0.2, 0.25) is 0 Å². The van der Waals surface area contributed by atoms with E-state index >= 15 is 0 Å². The van der Waals surface area contributed by atoms with E-state index in [1.54, 1.807) is 0 Å². The third kappa shape index (κ3) is 2.86. The maximum absolute atomic E-state index is 12.5. The van der Waals surface area contributed by atoms with Crippen molar-refractivity contribution in [3.63, 3.8) is 0 Å². The fourth-order valence-electron chi connectivity index (χ4n) is 1.36. The highest BCUT2D eigenvalue weighted by molar-refractivity contribution is 6.02. The van der Waals surface area contributed by atoms with E-state index in [9.17, 15) is 22.4 Å². The molecule has 0 aliphatic rings. The van der Waals surface area contributed by atoms with Crippen molar-refractivity contribution < 1.29 is 27.1 Å². The second-order valence-corrected chi connectivity index (χ2v) is 3.18.